The van der Waals surface area contributed by atoms with Crippen LogP contribution in [0.4, 0.5) is 0 Å². The monoisotopic (exact) mass is 328 g/mol. The van der Waals surface area contributed by atoms with Gasteiger partial charge < -0.3 is 9.47 Å². The first-order valence-corrected chi connectivity index (χ1v) is 8.62. The summed E-state index contributed by atoms with van der Waals surface area (Å²) in [7, 11) is 0. The Morgan fingerprint density at radius 1 is 0.480 bits per heavy atom. The molecule has 0 unspecified atom stereocenters. The van der Waals surface area contributed by atoms with E-state index in [4.69, 9.17) is 9.47 Å². The lowest BCUT2D eigenvalue weighted by atomic mass is 10.1. The van der Waals surface area contributed by atoms with Gasteiger partial charge in [0, 0.05) is 6.42 Å². The highest BCUT2D eigenvalue weighted by Gasteiger charge is 1.99. The molecule has 0 fully saturated rings. The van der Waals surface area contributed by atoms with E-state index in [1.165, 1.54) is 21.5 Å². The lowest BCUT2D eigenvalue weighted by Gasteiger charge is -2.09. The first kappa shape index (κ1) is 15.5. The molecule has 0 aliphatic rings. The average molecular weight is 328 g/mol. The smallest absolute Gasteiger partial charge is 0.119 e. The summed E-state index contributed by atoms with van der Waals surface area (Å²) in [6.45, 7) is 1.29. The van der Waals surface area contributed by atoms with E-state index in [2.05, 4.69) is 48.5 Å². The van der Waals surface area contributed by atoms with Gasteiger partial charge in [-0.15, -0.1) is 0 Å². The van der Waals surface area contributed by atoms with Gasteiger partial charge in [0.15, 0.2) is 0 Å². The molecule has 0 amide bonds. The van der Waals surface area contributed by atoms with Crippen molar-refractivity contribution < 1.29 is 9.47 Å². The number of fused-ring (bicyclic) bond motifs is 2. The maximum Gasteiger partial charge on any atom is 0.119 e. The van der Waals surface area contributed by atoms with Crippen LogP contribution in [0.3, 0.4) is 0 Å². The SMILES string of the molecule is c1ccc2cc(OCCCOc3ccc4ccccc4c3)ccc2c1. The van der Waals surface area contributed by atoms with Gasteiger partial charge in [0.05, 0.1) is 13.2 Å². The number of rotatable bonds is 6. The van der Waals surface area contributed by atoms with Crippen LogP contribution in [0.15, 0.2) is 84.9 Å². The molecule has 2 nitrogen and oxygen atoms in total. The van der Waals surface area contributed by atoms with Crippen molar-refractivity contribution >= 4 is 21.5 Å². The topological polar surface area (TPSA) is 18.5 Å². The summed E-state index contributed by atoms with van der Waals surface area (Å²) >= 11 is 0. The van der Waals surface area contributed by atoms with E-state index in [0.717, 1.165) is 17.9 Å². The molecule has 0 spiro atoms. The van der Waals surface area contributed by atoms with Crippen LogP contribution in [0.2, 0.25) is 0 Å². The highest BCUT2D eigenvalue weighted by molar-refractivity contribution is 5.84. The first-order valence-electron chi connectivity index (χ1n) is 8.62. The molecule has 0 bridgehead atoms. The highest BCUT2D eigenvalue weighted by atomic mass is 16.5. The second kappa shape index (κ2) is 7.27. The van der Waals surface area contributed by atoms with Crippen molar-refractivity contribution in [2.75, 3.05) is 13.2 Å². The van der Waals surface area contributed by atoms with Crippen LogP contribution in [-0.2, 0) is 0 Å². The Labute approximate surface area is 147 Å². The normalized spacial score (nSPS) is 10.9. The van der Waals surface area contributed by atoms with Crippen LogP contribution in [0.1, 0.15) is 6.42 Å². The quantitative estimate of drug-likeness (QED) is 0.414. The standard InChI is InChI=1S/C23H20O2/c1-3-8-20-16-22(12-10-18(20)6-1)24-14-5-15-25-23-13-11-19-7-2-4-9-21(19)17-23/h1-4,6-13,16-17H,5,14-15H2. The molecule has 0 heterocycles. The fourth-order valence-corrected chi connectivity index (χ4v) is 2.95. The van der Waals surface area contributed by atoms with Crippen molar-refractivity contribution in [1.29, 1.82) is 0 Å². The van der Waals surface area contributed by atoms with E-state index in [0.29, 0.717) is 13.2 Å². The summed E-state index contributed by atoms with van der Waals surface area (Å²) in [4.78, 5) is 0. The molecule has 25 heavy (non-hydrogen) atoms. The minimum absolute atomic E-state index is 0.645. The molecular weight excluding hydrogens is 308 g/mol. The number of benzene rings is 4. The molecule has 124 valence electrons. The third-order valence-electron chi connectivity index (χ3n) is 4.27. The second-order valence-electron chi connectivity index (χ2n) is 6.07. The molecule has 0 aliphatic heterocycles. The van der Waals surface area contributed by atoms with E-state index in [-0.39, 0.29) is 0 Å². The molecule has 0 atom stereocenters. The molecule has 0 N–H and O–H groups in total. The predicted octanol–water partition coefficient (Wildman–Crippen LogP) is 5.84. The van der Waals surface area contributed by atoms with Crippen LogP contribution in [0.5, 0.6) is 11.5 Å². The summed E-state index contributed by atoms with van der Waals surface area (Å²) in [6.07, 6.45) is 0.847. The van der Waals surface area contributed by atoms with Gasteiger partial charge in [0.25, 0.3) is 0 Å². The molecule has 0 aromatic heterocycles. The van der Waals surface area contributed by atoms with Crippen molar-refractivity contribution in [2.24, 2.45) is 0 Å². The zero-order valence-electron chi connectivity index (χ0n) is 14.0. The largest absolute Gasteiger partial charge is 0.493 e. The molecule has 0 radical (unpaired) electrons. The Bertz CT molecular complexity index is 910. The maximum atomic E-state index is 5.84. The Kier molecular flexibility index (Phi) is 4.51. The number of hydrogen-bond donors (Lipinski definition) is 0. The minimum atomic E-state index is 0.645. The van der Waals surface area contributed by atoms with Gasteiger partial charge in [-0.2, -0.15) is 0 Å². The van der Waals surface area contributed by atoms with Crippen molar-refractivity contribution in [2.45, 2.75) is 6.42 Å². The molecule has 4 aromatic rings. The Morgan fingerprint density at radius 3 is 1.40 bits per heavy atom. The van der Waals surface area contributed by atoms with Crippen molar-refractivity contribution in [3.63, 3.8) is 0 Å². The molecule has 0 saturated carbocycles. The Hall–Kier alpha value is -3.00. The second-order valence-corrected chi connectivity index (χ2v) is 6.07. The molecule has 4 rings (SSSR count). The number of hydrogen-bond acceptors (Lipinski definition) is 2. The van der Waals surface area contributed by atoms with Crippen LogP contribution in [0, 0.1) is 0 Å². The molecule has 2 heteroatoms. The van der Waals surface area contributed by atoms with Gasteiger partial charge in [0.1, 0.15) is 11.5 Å². The summed E-state index contributed by atoms with van der Waals surface area (Å²) < 4.78 is 11.7. The third-order valence-corrected chi connectivity index (χ3v) is 4.27. The third kappa shape index (κ3) is 3.74. The Morgan fingerprint density at radius 2 is 0.920 bits per heavy atom. The van der Waals surface area contributed by atoms with Crippen LogP contribution < -0.4 is 9.47 Å². The van der Waals surface area contributed by atoms with Gasteiger partial charge in [-0.05, 0) is 45.8 Å². The van der Waals surface area contributed by atoms with Gasteiger partial charge in [-0.1, -0.05) is 60.7 Å². The number of ether oxygens (including phenoxy) is 2. The molecule has 0 saturated heterocycles. The van der Waals surface area contributed by atoms with Gasteiger partial charge in [-0.3, -0.25) is 0 Å². The molecular formula is C23H20O2. The minimum Gasteiger partial charge on any atom is -0.493 e. The van der Waals surface area contributed by atoms with E-state index in [9.17, 15) is 0 Å². The average Bonchev–Trinajstić information content (AvgIpc) is 2.67. The van der Waals surface area contributed by atoms with Crippen LogP contribution >= 0.6 is 0 Å². The van der Waals surface area contributed by atoms with Gasteiger partial charge >= 0.3 is 0 Å². The Balaban J connectivity index is 1.28. The van der Waals surface area contributed by atoms with Crippen molar-refractivity contribution in [1.82, 2.24) is 0 Å². The summed E-state index contributed by atoms with van der Waals surface area (Å²) in [5.41, 5.74) is 0. The predicted molar refractivity (Wildman–Crippen MR) is 104 cm³/mol. The fraction of sp³-hybridized carbons (Fsp3) is 0.130. The fourth-order valence-electron chi connectivity index (χ4n) is 2.95. The highest BCUT2D eigenvalue weighted by Crippen LogP contribution is 2.22. The zero-order valence-corrected chi connectivity index (χ0v) is 14.0. The van der Waals surface area contributed by atoms with E-state index >= 15 is 0 Å². The molecule has 4 aromatic carbocycles. The van der Waals surface area contributed by atoms with Crippen molar-refractivity contribution in [3.05, 3.63) is 84.9 Å². The maximum absolute atomic E-state index is 5.84. The van der Waals surface area contributed by atoms with E-state index < -0.39 is 0 Å². The van der Waals surface area contributed by atoms with Crippen molar-refractivity contribution in [3.8, 4) is 11.5 Å². The summed E-state index contributed by atoms with van der Waals surface area (Å²) in [5, 5.41) is 4.86. The summed E-state index contributed by atoms with van der Waals surface area (Å²) in [5.74, 6) is 1.81. The van der Waals surface area contributed by atoms with Crippen LogP contribution in [-0.4, -0.2) is 13.2 Å². The lowest BCUT2D eigenvalue weighted by Crippen LogP contribution is -2.05. The lowest BCUT2D eigenvalue weighted by molar-refractivity contribution is 0.248. The van der Waals surface area contributed by atoms with Gasteiger partial charge in [0.2, 0.25) is 0 Å². The molecule has 0 aliphatic carbocycles. The van der Waals surface area contributed by atoms with Gasteiger partial charge in [-0.25, -0.2) is 0 Å². The first-order chi connectivity index (χ1) is 12.4. The summed E-state index contributed by atoms with van der Waals surface area (Å²) in [6, 6.07) is 29.0. The van der Waals surface area contributed by atoms with E-state index in [1.807, 2.05) is 36.4 Å². The van der Waals surface area contributed by atoms with E-state index in [1.54, 1.807) is 0 Å². The van der Waals surface area contributed by atoms with Crippen LogP contribution in [0.25, 0.3) is 21.5 Å². The zero-order chi connectivity index (χ0) is 16.9.